The van der Waals surface area contributed by atoms with Crippen LogP contribution in [0.5, 0.6) is 0 Å². The van der Waals surface area contributed by atoms with Gasteiger partial charge in [-0.15, -0.1) is 0 Å². The van der Waals surface area contributed by atoms with Gasteiger partial charge in [-0.25, -0.2) is 4.98 Å². The normalized spacial score (nSPS) is 21.3. The molecule has 0 amide bonds. The standard InChI is InChI=1S/C13H17N3/c1-8-4-5-14-13-12(8)10-6-9(2)16(3)7-11(10)15-13/h4-5,9H,6-7H2,1-3H3,(H,14,15)/t9-/m0/s1. The second-order valence-electron chi connectivity index (χ2n) is 4.90. The summed E-state index contributed by atoms with van der Waals surface area (Å²) in [7, 11) is 2.18. The van der Waals surface area contributed by atoms with E-state index in [0.29, 0.717) is 6.04 Å². The van der Waals surface area contributed by atoms with Gasteiger partial charge in [0.25, 0.3) is 0 Å². The van der Waals surface area contributed by atoms with Crippen LogP contribution in [0.25, 0.3) is 11.0 Å². The van der Waals surface area contributed by atoms with E-state index in [2.05, 4.69) is 41.8 Å². The third-order valence-corrected chi connectivity index (χ3v) is 3.75. The van der Waals surface area contributed by atoms with E-state index in [4.69, 9.17) is 0 Å². The maximum absolute atomic E-state index is 4.42. The van der Waals surface area contributed by atoms with Gasteiger partial charge in [0.15, 0.2) is 0 Å². The Kier molecular flexibility index (Phi) is 2.04. The van der Waals surface area contributed by atoms with Crippen molar-refractivity contribution >= 4 is 11.0 Å². The summed E-state index contributed by atoms with van der Waals surface area (Å²) in [6.45, 7) is 5.46. The molecule has 84 valence electrons. The Morgan fingerprint density at radius 3 is 3.12 bits per heavy atom. The summed E-state index contributed by atoms with van der Waals surface area (Å²) >= 11 is 0. The van der Waals surface area contributed by atoms with Crippen molar-refractivity contribution in [2.24, 2.45) is 0 Å². The topological polar surface area (TPSA) is 31.9 Å². The highest BCUT2D eigenvalue weighted by Crippen LogP contribution is 2.30. The monoisotopic (exact) mass is 215 g/mol. The molecule has 0 bridgehead atoms. The number of H-pyrrole nitrogens is 1. The van der Waals surface area contributed by atoms with E-state index in [9.17, 15) is 0 Å². The van der Waals surface area contributed by atoms with E-state index in [1.165, 1.54) is 22.2 Å². The largest absolute Gasteiger partial charge is 0.342 e. The van der Waals surface area contributed by atoms with Crippen molar-refractivity contribution in [1.29, 1.82) is 0 Å². The lowest BCUT2D eigenvalue weighted by Gasteiger charge is -2.29. The fraction of sp³-hybridized carbons (Fsp3) is 0.462. The molecule has 0 radical (unpaired) electrons. The van der Waals surface area contributed by atoms with Crippen LogP contribution in [-0.2, 0) is 13.0 Å². The number of rotatable bonds is 0. The van der Waals surface area contributed by atoms with Crippen LogP contribution in [0.3, 0.4) is 0 Å². The first kappa shape index (κ1) is 9.85. The van der Waals surface area contributed by atoms with Gasteiger partial charge in [-0.2, -0.15) is 0 Å². The highest BCUT2D eigenvalue weighted by atomic mass is 15.1. The average molecular weight is 215 g/mol. The molecule has 1 atom stereocenters. The molecule has 0 unspecified atom stereocenters. The van der Waals surface area contributed by atoms with Crippen LogP contribution in [0.4, 0.5) is 0 Å². The quantitative estimate of drug-likeness (QED) is 0.731. The molecule has 0 saturated heterocycles. The minimum Gasteiger partial charge on any atom is -0.342 e. The van der Waals surface area contributed by atoms with Gasteiger partial charge in [-0.1, -0.05) is 0 Å². The summed E-state index contributed by atoms with van der Waals surface area (Å²) < 4.78 is 0. The number of aromatic amines is 1. The minimum absolute atomic E-state index is 0.617. The van der Waals surface area contributed by atoms with Crippen molar-refractivity contribution in [1.82, 2.24) is 14.9 Å². The van der Waals surface area contributed by atoms with Crippen molar-refractivity contribution < 1.29 is 0 Å². The minimum atomic E-state index is 0.617. The number of likely N-dealkylation sites (N-methyl/N-ethyl adjacent to an activating group) is 1. The number of aryl methyl sites for hydroxylation is 1. The van der Waals surface area contributed by atoms with Crippen LogP contribution in [-0.4, -0.2) is 28.0 Å². The molecule has 0 aliphatic carbocycles. The fourth-order valence-electron chi connectivity index (χ4n) is 2.62. The molecule has 2 aromatic rings. The fourth-order valence-corrected chi connectivity index (χ4v) is 2.62. The number of pyridine rings is 1. The Labute approximate surface area is 95.5 Å². The van der Waals surface area contributed by atoms with Crippen molar-refractivity contribution in [3.63, 3.8) is 0 Å². The van der Waals surface area contributed by atoms with Crippen LogP contribution in [0.15, 0.2) is 12.3 Å². The molecule has 3 rings (SSSR count). The van der Waals surface area contributed by atoms with Crippen molar-refractivity contribution in [2.45, 2.75) is 32.9 Å². The molecule has 1 aliphatic rings. The van der Waals surface area contributed by atoms with Crippen LogP contribution in [0.1, 0.15) is 23.7 Å². The SMILES string of the molecule is Cc1ccnc2[nH]c3c(c12)C[C@H](C)N(C)C3. The van der Waals surface area contributed by atoms with Crippen LogP contribution in [0, 0.1) is 6.92 Å². The summed E-state index contributed by atoms with van der Waals surface area (Å²) in [4.78, 5) is 10.3. The summed E-state index contributed by atoms with van der Waals surface area (Å²) in [5.41, 5.74) is 5.20. The van der Waals surface area contributed by atoms with Gasteiger partial charge < -0.3 is 4.98 Å². The lowest BCUT2D eigenvalue weighted by atomic mass is 9.97. The Hall–Kier alpha value is -1.35. The number of hydrogen-bond acceptors (Lipinski definition) is 2. The van der Waals surface area contributed by atoms with Crippen molar-refractivity contribution in [2.75, 3.05) is 7.05 Å². The Balaban J connectivity index is 2.26. The lowest BCUT2D eigenvalue weighted by molar-refractivity contribution is 0.229. The molecule has 1 aliphatic heterocycles. The molecule has 0 spiro atoms. The highest BCUT2D eigenvalue weighted by molar-refractivity contribution is 5.84. The zero-order chi connectivity index (χ0) is 11.3. The van der Waals surface area contributed by atoms with Gasteiger partial charge >= 0.3 is 0 Å². The van der Waals surface area contributed by atoms with E-state index in [1.54, 1.807) is 0 Å². The van der Waals surface area contributed by atoms with E-state index in [1.807, 2.05) is 6.20 Å². The molecule has 0 saturated carbocycles. The van der Waals surface area contributed by atoms with E-state index >= 15 is 0 Å². The molecule has 2 aromatic heterocycles. The number of hydrogen-bond donors (Lipinski definition) is 1. The van der Waals surface area contributed by atoms with Crippen LogP contribution < -0.4 is 0 Å². The van der Waals surface area contributed by atoms with Crippen LogP contribution in [0.2, 0.25) is 0 Å². The smallest absolute Gasteiger partial charge is 0.138 e. The summed E-state index contributed by atoms with van der Waals surface area (Å²) in [5.74, 6) is 0. The first-order chi connectivity index (χ1) is 7.66. The number of aromatic nitrogens is 2. The molecule has 1 N–H and O–H groups in total. The molecule has 3 heterocycles. The highest BCUT2D eigenvalue weighted by Gasteiger charge is 2.24. The molecular weight excluding hydrogens is 198 g/mol. The van der Waals surface area contributed by atoms with E-state index < -0.39 is 0 Å². The summed E-state index contributed by atoms with van der Waals surface area (Å²) in [5, 5.41) is 1.34. The zero-order valence-electron chi connectivity index (χ0n) is 10.0. The summed E-state index contributed by atoms with van der Waals surface area (Å²) in [6.07, 6.45) is 3.01. The predicted octanol–water partition coefficient (Wildman–Crippen LogP) is 2.25. The third kappa shape index (κ3) is 1.28. The maximum atomic E-state index is 4.42. The second kappa shape index (κ2) is 3.32. The van der Waals surface area contributed by atoms with Gasteiger partial charge in [-0.05, 0) is 44.5 Å². The van der Waals surface area contributed by atoms with Crippen molar-refractivity contribution in [3.05, 3.63) is 29.1 Å². The van der Waals surface area contributed by atoms with Gasteiger partial charge in [0.2, 0.25) is 0 Å². The van der Waals surface area contributed by atoms with Crippen molar-refractivity contribution in [3.8, 4) is 0 Å². The number of nitrogens with zero attached hydrogens (tertiary/aromatic N) is 2. The molecule has 3 nitrogen and oxygen atoms in total. The first-order valence-electron chi connectivity index (χ1n) is 5.82. The molecule has 0 aromatic carbocycles. The van der Waals surface area contributed by atoms with Gasteiger partial charge in [0.05, 0.1) is 0 Å². The van der Waals surface area contributed by atoms with Gasteiger partial charge in [0, 0.05) is 29.9 Å². The second-order valence-corrected chi connectivity index (χ2v) is 4.90. The molecular formula is C13H17N3. The van der Waals surface area contributed by atoms with E-state index in [-0.39, 0.29) is 0 Å². The number of nitrogens with one attached hydrogen (secondary N) is 1. The van der Waals surface area contributed by atoms with Gasteiger partial charge in [0.1, 0.15) is 5.65 Å². The molecule has 16 heavy (non-hydrogen) atoms. The lowest BCUT2D eigenvalue weighted by Crippen LogP contribution is -2.34. The summed E-state index contributed by atoms with van der Waals surface area (Å²) in [6, 6.07) is 2.71. The first-order valence-corrected chi connectivity index (χ1v) is 5.82. The predicted molar refractivity (Wildman–Crippen MR) is 65.5 cm³/mol. The zero-order valence-corrected chi connectivity index (χ0v) is 10.0. The molecule has 3 heteroatoms. The number of fused-ring (bicyclic) bond motifs is 3. The Bertz CT molecular complexity index is 541. The molecule has 0 fully saturated rings. The maximum Gasteiger partial charge on any atom is 0.138 e. The Morgan fingerprint density at radius 1 is 1.50 bits per heavy atom. The average Bonchev–Trinajstić information content (AvgIpc) is 2.58. The third-order valence-electron chi connectivity index (χ3n) is 3.75. The van der Waals surface area contributed by atoms with E-state index in [0.717, 1.165) is 18.6 Å². The Morgan fingerprint density at radius 2 is 2.31 bits per heavy atom. The van der Waals surface area contributed by atoms with Crippen LogP contribution >= 0.6 is 0 Å². The van der Waals surface area contributed by atoms with Gasteiger partial charge in [-0.3, -0.25) is 4.90 Å².